The minimum atomic E-state index is -0.616. The predicted molar refractivity (Wildman–Crippen MR) is 65.9 cm³/mol. The Bertz CT molecular complexity index is 468. The fourth-order valence-corrected chi connectivity index (χ4v) is 1.95. The number of aliphatic hydroxyl groups excluding tert-OH is 1. The third-order valence-electron chi connectivity index (χ3n) is 2.42. The molecule has 0 amide bonds. The molecule has 1 heterocycles. The Labute approximate surface area is 102 Å². The standard InChI is InChI=1S/C12H12BrNO2/c13-9-1-2-11(14)10(6-9)12(15)5-8-3-4-16-7-8/h1-4,6-7,12,15H,5,14H2. The van der Waals surface area contributed by atoms with Crippen LogP contribution in [-0.2, 0) is 6.42 Å². The van der Waals surface area contributed by atoms with Gasteiger partial charge in [0.05, 0.1) is 18.6 Å². The molecule has 1 unspecified atom stereocenters. The highest BCUT2D eigenvalue weighted by Crippen LogP contribution is 2.27. The van der Waals surface area contributed by atoms with Crippen molar-refractivity contribution in [1.82, 2.24) is 0 Å². The van der Waals surface area contributed by atoms with E-state index in [0.717, 1.165) is 15.6 Å². The number of rotatable bonds is 3. The average Bonchev–Trinajstić information content (AvgIpc) is 2.74. The smallest absolute Gasteiger partial charge is 0.0935 e. The molecule has 1 atom stereocenters. The Hall–Kier alpha value is -1.26. The number of nitrogens with two attached hydrogens (primary N) is 1. The van der Waals surface area contributed by atoms with E-state index in [1.54, 1.807) is 18.6 Å². The maximum atomic E-state index is 10.1. The van der Waals surface area contributed by atoms with E-state index < -0.39 is 6.10 Å². The quantitative estimate of drug-likeness (QED) is 0.851. The summed E-state index contributed by atoms with van der Waals surface area (Å²) in [5, 5.41) is 10.1. The molecular weight excluding hydrogens is 270 g/mol. The minimum absolute atomic E-state index is 0.497. The van der Waals surface area contributed by atoms with Gasteiger partial charge in [0.2, 0.25) is 0 Å². The third kappa shape index (κ3) is 2.46. The summed E-state index contributed by atoms with van der Waals surface area (Å²) in [7, 11) is 0. The van der Waals surface area contributed by atoms with Gasteiger partial charge in [-0.05, 0) is 29.8 Å². The van der Waals surface area contributed by atoms with E-state index in [0.29, 0.717) is 12.1 Å². The number of aliphatic hydroxyl groups is 1. The van der Waals surface area contributed by atoms with Gasteiger partial charge in [-0.3, -0.25) is 0 Å². The van der Waals surface area contributed by atoms with Gasteiger partial charge in [0.15, 0.2) is 0 Å². The van der Waals surface area contributed by atoms with Crippen molar-refractivity contribution < 1.29 is 9.52 Å². The molecule has 2 aromatic rings. The minimum Gasteiger partial charge on any atom is -0.472 e. The van der Waals surface area contributed by atoms with Gasteiger partial charge in [-0.1, -0.05) is 15.9 Å². The zero-order chi connectivity index (χ0) is 11.5. The van der Waals surface area contributed by atoms with Crippen LogP contribution in [0.15, 0.2) is 45.7 Å². The zero-order valence-corrected chi connectivity index (χ0v) is 10.1. The number of halogens is 1. The molecule has 0 bridgehead atoms. The lowest BCUT2D eigenvalue weighted by Gasteiger charge is -2.12. The van der Waals surface area contributed by atoms with Gasteiger partial charge in [0.25, 0.3) is 0 Å². The lowest BCUT2D eigenvalue weighted by Crippen LogP contribution is -2.04. The van der Waals surface area contributed by atoms with Crippen LogP contribution in [0.25, 0.3) is 0 Å². The third-order valence-corrected chi connectivity index (χ3v) is 2.91. The Kier molecular flexibility index (Phi) is 3.31. The Morgan fingerprint density at radius 1 is 1.38 bits per heavy atom. The predicted octanol–water partition coefficient (Wildman–Crippen LogP) is 2.90. The number of hydrogen-bond acceptors (Lipinski definition) is 3. The Morgan fingerprint density at radius 3 is 2.88 bits per heavy atom. The average molecular weight is 282 g/mol. The monoisotopic (exact) mass is 281 g/mol. The van der Waals surface area contributed by atoms with Crippen LogP contribution in [0, 0.1) is 0 Å². The number of benzene rings is 1. The SMILES string of the molecule is Nc1ccc(Br)cc1C(O)Cc1ccoc1. The number of furan rings is 1. The summed E-state index contributed by atoms with van der Waals surface area (Å²) < 4.78 is 5.86. The summed E-state index contributed by atoms with van der Waals surface area (Å²) >= 11 is 3.36. The molecule has 0 fully saturated rings. The maximum Gasteiger partial charge on any atom is 0.0935 e. The molecule has 4 heteroatoms. The molecular formula is C12H12BrNO2. The number of anilines is 1. The highest BCUT2D eigenvalue weighted by molar-refractivity contribution is 9.10. The van der Waals surface area contributed by atoms with Gasteiger partial charge < -0.3 is 15.3 Å². The second kappa shape index (κ2) is 4.72. The van der Waals surface area contributed by atoms with Crippen LogP contribution in [0.4, 0.5) is 5.69 Å². The molecule has 16 heavy (non-hydrogen) atoms. The summed E-state index contributed by atoms with van der Waals surface area (Å²) in [6, 6.07) is 7.29. The molecule has 0 saturated carbocycles. The van der Waals surface area contributed by atoms with Crippen molar-refractivity contribution in [3.05, 3.63) is 52.4 Å². The van der Waals surface area contributed by atoms with E-state index in [1.807, 2.05) is 18.2 Å². The van der Waals surface area contributed by atoms with Crippen LogP contribution in [0.3, 0.4) is 0 Å². The highest BCUT2D eigenvalue weighted by Gasteiger charge is 2.12. The second-order valence-corrected chi connectivity index (χ2v) is 4.54. The normalized spacial score (nSPS) is 12.6. The topological polar surface area (TPSA) is 59.4 Å². The summed E-state index contributed by atoms with van der Waals surface area (Å²) in [4.78, 5) is 0. The van der Waals surface area contributed by atoms with E-state index in [9.17, 15) is 5.11 Å². The molecule has 0 aliphatic heterocycles. The molecule has 0 aliphatic carbocycles. The second-order valence-electron chi connectivity index (χ2n) is 3.62. The van der Waals surface area contributed by atoms with E-state index >= 15 is 0 Å². The highest BCUT2D eigenvalue weighted by atomic mass is 79.9. The van der Waals surface area contributed by atoms with Crippen LogP contribution in [-0.4, -0.2) is 5.11 Å². The first-order valence-corrected chi connectivity index (χ1v) is 5.70. The van der Waals surface area contributed by atoms with Crippen molar-refractivity contribution in [2.24, 2.45) is 0 Å². The summed E-state index contributed by atoms with van der Waals surface area (Å²) in [5.41, 5.74) is 8.09. The van der Waals surface area contributed by atoms with Crippen molar-refractivity contribution in [3.63, 3.8) is 0 Å². The van der Waals surface area contributed by atoms with Gasteiger partial charge in [-0.25, -0.2) is 0 Å². The maximum absolute atomic E-state index is 10.1. The Morgan fingerprint density at radius 2 is 2.19 bits per heavy atom. The molecule has 3 nitrogen and oxygen atoms in total. The van der Waals surface area contributed by atoms with Gasteiger partial charge in [0.1, 0.15) is 0 Å². The fourth-order valence-electron chi connectivity index (χ4n) is 1.58. The molecule has 0 spiro atoms. The van der Waals surface area contributed by atoms with E-state index in [2.05, 4.69) is 15.9 Å². The Balaban J connectivity index is 2.20. The number of nitrogen functional groups attached to an aromatic ring is 1. The van der Waals surface area contributed by atoms with E-state index in [-0.39, 0.29) is 0 Å². The van der Waals surface area contributed by atoms with Crippen molar-refractivity contribution in [1.29, 1.82) is 0 Å². The lowest BCUT2D eigenvalue weighted by atomic mass is 10.0. The van der Waals surface area contributed by atoms with Crippen LogP contribution in [0.5, 0.6) is 0 Å². The van der Waals surface area contributed by atoms with Crippen LogP contribution >= 0.6 is 15.9 Å². The van der Waals surface area contributed by atoms with Crippen LogP contribution in [0.2, 0.25) is 0 Å². The molecule has 3 N–H and O–H groups in total. The van der Waals surface area contributed by atoms with Crippen LogP contribution < -0.4 is 5.73 Å². The van der Waals surface area contributed by atoms with Gasteiger partial charge >= 0.3 is 0 Å². The first-order valence-electron chi connectivity index (χ1n) is 4.91. The van der Waals surface area contributed by atoms with E-state index in [1.165, 1.54) is 0 Å². The first-order chi connectivity index (χ1) is 7.66. The molecule has 2 rings (SSSR count). The largest absolute Gasteiger partial charge is 0.472 e. The van der Waals surface area contributed by atoms with Gasteiger partial charge in [-0.15, -0.1) is 0 Å². The van der Waals surface area contributed by atoms with E-state index in [4.69, 9.17) is 10.2 Å². The van der Waals surface area contributed by atoms with Gasteiger partial charge in [0, 0.05) is 22.1 Å². The summed E-state index contributed by atoms with van der Waals surface area (Å²) in [6.07, 6.45) is 3.09. The van der Waals surface area contributed by atoms with Crippen LogP contribution in [0.1, 0.15) is 17.2 Å². The number of hydrogen-bond donors (Lipinski definition) is 2. The van der Waals surface area contributed by atoms with Gasteiger partial charge in [-0.2, -0.15) is 0 Å². The van der Waals surface area contributed by atoms with Crippen molar-refractivity contribution in [3.8, 4) is 0 Å². The van der Waals surface area contributed by atoms with Crippen molar-refractivity contribution in [2.45, 2.75) is 12.5 Å². The lowest BCUT2D eigenvalue weighted by molar-refractivity contribution is 0.179. The first kappa shape index (κ1) is 11.2. The summed E-state index contributed by atoms with van der Waals surface area (Å²) in [5.74, 6) is 0. The molecule has 0 saturated heterocycles. The molecule has 1 aromatic carbocycles. The summed E-state index contributed by atoms with van der Waals surface area (Å²) in [6.45, 7) is 0. The molecule has 0 radical (unpaired) electrons. The zero-order valence-electron chi connectivity index (χ0n) is 8.56. The van der Waals surface area contributed by atoms with Crippen molar-refractivity contribution >= 4 is 21.6 Å². The fraction of sp³-hybridized carbons (Fsp3) is 0.167. The van der Waals surface area contributed by atoms with Crippen molar-refractivity contribution in [2.75, 3.05) is 5.73 Å². The molecule has 0 aliphatic rings. The molecule has 1 aromatic heterocycles. The molecule has 84 valence electrons.